The summed E-state index contributed by atoms with van der Waals surface area (Å²) in [4.78, 5) is 17.0. The first-order chi connectivity index (χ1) is 13.4. The van der Waals surface area contributed by atoms with E-state index in [0.29, 0.717) is 17.2 Å². The summed E-state index contributed by atoms with van der Waals surface area (Å²) in [5.74, 6) is 0.305. The molecule has 0 saturated heterocycles. The molecule has 2 aromatic rings. The molecule has 1 saturated carbocycles. The molecule has 0 radical (unpaired) electrons. The Labute approximate surface area is 164 Å². The summed E-state index contributed by atoms with van der Waals surface area (Å²) in [6.07, 6.45) is 3.79. The number of ether oxygens (including phenoxy) is 1. The van der Waals surface area contributed by atoms with E-state index in [9.17, 15) is 13.6 Å². The average molecular weight is 393 g/mol. The van der Waals surface area contributed by atoms with Crippen molar-refractivity contribution in [2.45, 2.75) is 71.4 Å². The van der Waals surface area contributed by atoms with Crippen LogP contribution in [0.5, 0.6) is 0 Å². The third-order valence-electron chi connectivity index (χ3n) is 5.57. The molecule has 1 unspecified atom stereocenters. The predicted molar refractivity (Wildman–Crippen MR) is 104 cm³/mol. The lowest BCUT2D eigenvalue weighted by Crippen LogP contribution is -2.39. The van der Waals surface area contributed by atoms with E-state index in [1.807, 2.05) is 0 Å². The number of nitrogens with zero attached hydrogens (tertiary/aromatic N) is 2. The first kappa shape index (κ1) is 20.7. The molecule has 28 heavy (non-hydrogen) atoms. The van der Waals surface area contributed by atoms with Crippen molar-refractivity contribution in [3.05, 3.63) is 35.3 Å². The molecule has 2 heterocycles. The van der Waals surface area contributed by atoms with Crippen LogP contribution in [0, 0.1) is 12.8 Å². The van der Waals surface area contributed by atoms with Gasteiger partial charge in [-0.15, -0.1) is 0 Å². The highest BCUT2D eigenvalue weighted by Gasteiger charge is 2.25. The fourth-order valence-corrected chi connectivity index (χ4v) is 3.63. The zero-order valence-corrected chi connectivity index (χ0v) is 16.8. The Bertz CT molecular complexity index is 813. The molecule has 0 bridgehead atoms. The van der Waals surface area contributed by atoms with Crippen LogP contribution in [0.2, 0.25) is 0 Å². The topological polar surface area (TPSA) is 55.6 Å². The summed E-state index contributed by atoms with van der Waals surface area (Å²) in [6.45, 7) is 6.78. The highest BCUT2D eigenvalue weighted by Crippen LogP contribution is 2.25. The Balaban J connectivity index is 1.62. The van der Waals surface area contributed by atoms with Crippen LogP contribution in [0.25, 0.3) is 5.65 Å². The monoisotopic (exact) mass is 393 g/mol. The van der Waals surface area contributed by atoms with Crippen molar-refractivity contribution < 1.29 is 18.3 Å². The number of rotatable bonds is 7. The van der Waals surface area contributed by atoms with Gasteiger partial charge in [0, 0.05) is 24.5 Å². The minimum Gasteiger partial charge on any atom is -0.378 e. The van der Waals surface area contributed by atoms with Gasteiger partial charge in [0.15, 0.2) is 0 Å². The second-order valence-electron chi connectivity index (χ2n) is 7.84. The van der Waals surface area contributed by atoms with E-state index in [1.165, 1.54) is 16.7 Å². The molecule has 154 valence electrons. The molecule has 0 aliphatic heterocycles. The van der Waals surface area contributed by atoms with Crippen molar-refractivity contribution in [2.75, 3.05) is 6.61 Å². The number of hydrogen-bond acceptors (Lipinski definition) is 3. The molecule has 2 aromatic heterocycles. The van der Waals surface area contributed by atoms with Crippen LogP contribution >= 0.6 is 0 Å². The Morgan fingerprint density at radius 3 is 2.71 bits per heavy atom. The van der Waals surface area contributed by atoms with E-state index in [4.69, 9.17) is 4.74 Å². The normalized spacial score (nSPS) is 21.2. The van der Waals surface area contributed by atoms with E-state index in [-0.39, 0.29) is 29.4 Å². The van der Waals surface area contributed by atoms with Gasteiger partial charge < -0.3 is 10.1 Å². The van der Waals surface area contributed by atoms with Gasteiger partial charge in [-0.2, -0.15) is 0 Å². The SMILES string of the molecule is CCC(C)CO[C@H]1CC[C@H](NC(=O)c2ccn3c(C(F)F)cc(C)nc23)CC1. The molecule has 1 N–H and O–H groups in total. The maximum absolute atomic E-state index is 13.3. The van der Waals surface area contributed by atoms with Gasteiger partial charge in [-0.25, -0.2) is 13.8 Å². The number of alkyl halides is 2. The molecule has 1 aliphatic rings. The largest absolute Gasteiger partial charge is 0.378 e. The van der Waals surface area contributed by atoms with Gasteiger partial charge in [-0.3, -0.25) is 9.20 Å². The smallest absolute Gasteiger partial charge is 0.278 e. The Hall–Kier alpha value is -2.02. The summed E-state index contributed by atoms with van der Waals surface area (Å²) < 4.78 is 33.8. The molecule has 1 fully saturated rings. The lowest BCUT2D eigenvalue weighted by atomic mass is 9.92. The quantitative estimate of drug-likeness (QED) is 0.743. The van der Waals surface area contributed by atoms with Gasteiger partial charge in [-0.05, 0) is 50.7 Å². The van der Waals surface area contributed by atoms with Crippen molar-refractivity contribution in [1.29, 1.82) is 0 Å². The van der Waals surface area contributed by atoms with Crippen LogP contribution in [-0.4, -0.2) is 34.0 Å². The number of aryl methyl sites for hydroxylation is 1. The van der Waals surface area contributed by atoms with Crippen LogP contribution in [0.4, 0.5) is 8.78 Å². The molecule has 1 atom stereocenters. The fraction of sp³-hybridized carbons (Fsp3) is 0.619. The number of fused-ring (bicyclic) bond motifs is 1. The number of carbonyl (C=O) groups excluding carboxylic acids is 1. The molecule has 1 aliphatic carbocycles. The number of halogens is 2. The van der Waals surface area contributed by atoms with E-state index in [2.05, 4.69) is 24.1 Å². The Morgan fingerprint density at radius 2 is 2.07 bits per heavy atom. The summed E-state index contributed by atoms with van der Waals surface area (Å²) in [5.41, 5.74) is 0.925. The lowest BCUT2D eigenvalue weighted by Gasteiger charge is -2.29. The van der Waals surface area contributed by atoms with Crippen molar-refractivity contribution in [3.63, 3.8) is 0 Å². The Morgan fingerprint density at radius 1 is 1.36 bits per heavy atom. The molecule has 1 amide bonds. The first-order valence-corrected chi connectivity index (χ1v) is 10.1. The summed E-state index contributed by atoms with van der Waals surface area (Å²) >= 11 is 0. The molecular formula is C21H29F2N3O2. The molecule has 0 spiro atoms. The van der Waals surface area contributed by atoms with E-state index in [0.717, 1.165) is 38.7 Å². The van der Waals surface area contributed by atoms with Crippen LogP contribution < -0.4 is 5.32 Å². The fourth-order valence-electron chi connectivity index (χ4n) is 3.63. The van der Waals surface area contributed by atoms with E-state index < -0.39 is 6.43 Å². The second kappa shape index (κ2) is 8.99. The van der Waals surface area contributed by atoms with Crippen molar-refractivity contribution >= 4 is 11.6 Å². The van der Waals surface area contributed by atoms with Crippen LogP contribution in [-0.2, 0) is 4.74 Å². The summed E-state index contributed by atoms with van der Waals surface area (Å²) in [6, 6.07) is 2.98. The lowest BCUT2D eigenvalue weighted by molar-refractivity contribution is 0.00537. The van der Waals surface area contributed by atoms with E-state index >= 15 is 0 Å². The zero-order valence-electron chi connectivity index (χ0n) is 16.8. The third kappa shape index (κ3) is 4.69. The standard InChI is InChI=1S/C21H29F2N3O2/c1-4-13(2)12-28-16-7-5-15(6-8-16)25-21(27)17-9-10-26-18(19(22)23)11-14(3)24-20(17)26/h9-11,13,15-16,19H,4-8,12H2,1-3H3,(H,25,27)/t13?,15-,16-. The van der Waals surface area contributed by atoms with Gasteiger partial charge in [0.05, 0.1) is 17.4 Å². The maximum atomic E-state index is 13.3. The van der Waals surface area contributed by atoms with Crippen LogP contribution in [0.3, 0.4) is 0 Å². The molecule has 3 rings (SSSR count). The molecule has 0 aromatic carbocycles. The molecular weight excluding hydrogens is 364 g/mol. The minimum absolute atomic E-state index is 0.0743. The highest BCUT2D eigenvalue weighted by atomic mass is 19.3. The van der Waals surface area contributed by atoms with Crippen molar-refractivity contribution in [3.8, 4) is 0 Å². The second-order valence-corrected chi connectivity index (χ2v) is 7.84. The number of hydrogen-bond donors (Lipinski definition) is 1. The molecule has 5 nitrogen and oxygen atoms in total. The number of carbonyl (C=O) groups is 1. The van der Waals surface area contributed by atoms with Gasteiger partial charge >= 0.3 is 0 Å². The van der Waals surface area contributed by atoms with Gasteiger partial charge in [0.25, 0.3) is 12.3 Å². The van der Waals surface area contributed by atoms with E-state index in [1.54, 1.807) is 13.0 Å². The minimum atomic E-state index is -2.63. The number of nitrogens with one attached hydrogen (secondary N) is 1. The van der Waals surface area contributed by atoms with Gasteiger partial charge in [0.2, 0.25) is 0 Å². The van der Waals surface area contributed by atoms with Crippen molar-refractivity contribution in [2.24, 2.45) is 5.92 Å². The zero-order chi connectivity index (χ0) is 20.3. The summed E-state index contributed by atoms with van der Waals surface area (Å²) in [7, 11) is 0. The summed E-state index contributed by atoms with van der Waals surface area (Å²) in [5, 5.41) is 3.04. The predicted octanol–water partition coefficient (Wildman–Crippen LogP) is 4.68. The number of aromatic nitrogens is 2. The number of amides is 1. The van der Waals surface area contributed by atoms with Crippen LogP contribution in [0.15, 0.2) is 18.3 Å². The maximum Gasteiger partial charge on any atom is 0.278 e. The highest BCUT2D eigenvalue weighted by molar-refractivity contribution is 6.00. The van der Waals surface area contributed by atoms with Crippen LogP contribution in [0.1, 0.15) is 74.1 Å². The van der Waals surface area contributed by atoms with Crippen molar-refractivity contribution in [1.82, 2.24) is 14.7 Å². The van der Waals surface area contributed by atoms with Gasteiger partial charge in [0.1, 0.15) is 5.65 Å². The Kier molecular flexibility index (Phi) is 6.65. The van der Waals surface area contributed by atoms with Gasteiger partial charge in [-0.1, -0.05) is 20.3 Å². The third-order valence-corrected chi connectivity index (χ3v) is 5.57. The molecule has 7 heteroatoms. The first-order valence-electron chi connectivity index (χ1n) is 10.1. The average Bonchev–Trinajstić information content (AvgIpc) is 3.10.